The topological polar surface area (TPSA) is 62.6 Å². The molecule has 1 aromatic heterocycles. The maximum absolute atomic E-state index is 13.2. The molecule has 6 heteroatoms. The number of anilines is 1. The molecule has 5 nitrogen and oxygen atoms in total. The molecule has 1 aliphatic heterocycles. The van der Waals surface area contributed by atoms with E-state index in [-0.39, 0.29) is 29.4 Å². The average molecular weight is 378 g/mol. The molecule has 0 unspecified atom stereocenters. The molecule has 0 radical (unpaired) electrons. The molecule has 3 aromatic rings. The normalized spacial score (nSPS) is 16.2. The summed E-state index contributed by atoms with van der Waals surface area (Å²) in [5.74, 6) is -0.484. The Morgan fingerprint density at radius 2 is 1.79 bits per heavy atom. The molecule has 1 fully saturated rings. The molecule has 1 N–H and O–H groups in total. The van der Waals surface area contributed by atoms with E-state index in [2.05, 4.69) is 5.32 Å². The molecule has 0 spiro atoms. The van der Waals surface area contributed by atoms with Crippen LogP contribution in [0, 0.1) is 5.82 Å². The van der Waals surface area contributed by atoms with E-state index in [1.54, 1.807) is 48.5 Å². The van der Waals surface area contributed by atoms with Gasteiger partial charge in [-0.05, 0) is 66.9 Å². The van der Waals surface area contributed by atoms with Gasteiger partial charge >= 0.3 is 0 Å². The summed E-state index contributed by atoms with van der Waals surface area (Å²) in [4.78, 5) is 26.8. The molecule has 28 heavy (non-hydrogen) atoms. The summed E-state index contributed by atoms with van der Waals surface area (Å²) < 4.78 is 18.3. The van der Waals surface area contributed by atoms with Crippen molar-refractivity contribution < 1.29 is 18.4 Å². The Morgan fingerprint density at radius 1 is 1.04 bits per heavy atom. The van der Waals surface area contributed by atoms with Crippen LogP contribution in [0.1, 0.15) is 45.4 Å². The van der Waals surface area contributed by atoms with Gasteiger partial charge in [-0.25, -0.2) is 4.39 Å². The van der Waals surface area contributed by atoms with Crippen LogP contribution in [0.15, 0.2) is 71.3 Å². The molecule has 142 valence electrons. The molecule has 0 aliphatic carbocycles. The molecule has 2 amide bonds. The van der Waals surface area contributed by atoms with E-state index in [4.69, 9.17) is 4.42 Å². The maximum Gasteiger partial charge on any atom is 0.291 e. The first-order valence-electron chi connectivity index (χ1n) is 9.13. The van der Waals surface area contributed by atoms with Crippen molar-refractivity contribution in [3.05, 3.63) is 89.6 Å². The minimum atomic E-state index is -0.347. The number of benzene rings is 2. The van der Waals surface area contributed by atoms with Crippen molar-refractivity contribution in [2.45, 2.75) is 18.9 Å². The third-order valence-corrected chi connectivity index (χ3v) is 4.90. The summed E-state index contributed by atoms with van der Waals surface area (Å²) in [6.07, 6.45) is 3.20. The van der Waals surface area contributed by atoms with Gasteiger partial charge in [0.05, 0.1) is 12.3 Å². The van der Waals surface area contributed by atoms with Gasteiger partial charge < -0.3 is 14.6 Å². The van der Waals surface area contributed by atoms with Crippen molar-refractivity contribution in [1.29, 1.82) is 0 Å². The Hall–Kier alpha value is -3.41. The second-order valence-electron chi connectivity index (χ2n) is 6.72. The fourth-order valence-corrected chi connectivity index (χ4v) is 3.50. The number of halogens is 1. The molecule has 1 atom stereocenters. The van der Waals surface area contributed by atoms with Gasteiger partial charge in [0, 0.05) is 17.8 Å². The maximum atomic E-state index is 13.2. The molecular formula is C22H19FN2O3. The number of amides is 2. The van der Waals surface area contributed by atoms with E-state index in [1.165, 1.54) is 18.4 Å². The van der Waals surface area contributed by atoms with Gasteiger partial charge in [0.1, 0.15) is 5.82 Å². The predicted molar refractivity (Wildman–Crippen MR) is 103 cm³/mol. The number of hydrogen-bond acceptors (Lipinski definition) is 3. The van der Waals surface area contributed by atoms with Crippen molar-refractivity contribution in [3.63, 3.8) is 0 Å². The third kappa shape index (κ3) is 3.67. The van der Waals surface area contributed by atoms with Crippen molar-refractivity contribution >= 4 is 17.5 Å². The first-order chi connectivity index (χ1) is 13.6. The summed E-state index contributed by atoms with van der Waals surface area (Å²) in [5.41, 5.74) is 2.06. The van der Waals surface area contributed by atoms with Gasteiger partial charge in [0.25, 0.3) is 11.8 Å². The number of hydrogen-bond donors (Lipinski definition) is 1. The van der Waals surface area contributed by atoms with Crippen LogP contribution in [-0.2, 0) is 0 Å². The van der Waals surface area contributed by atoms with Crippen LogP contribution in [0.2, 0.25) is 0 Å². The molecule has 2 heterocycles. The Balaban J connectivity index is 1.47. The monoisotopic (exact) mass is 378 g/mol. The van der Waals surface area contributed by atoms with Crippen LogP contribution in [-0.4, -0.2) is 23.3 Å². The lowest BCUT2D eigenvalue weighted by Crippen LogP contribution is -2.30. The minimum absolute atomic E-state index is 0.0496. The van der Waals surface area contributed by atoms with E-state index < -0.39 is 0 Å². The summed E-state index contributed by atoms with van der Waals surface area (Å²) in [6, 6.07) is 16.3. The molecule has 1 aliphatic rings. The van der Waals surface area contributed by atoms with E-state index in [0.29, 0.717) is 17.8 Å². The number of nitrogens with one attached hydrogen (secondary N) is 1. The number of carbonyl (C=O) groups excluding carboxylic acids is 2. The molecular weight excluding hydrogens is 359 g/mol. The van der Waals surface area contributed by atoms with Crippen LogP contribution in [0.25, 0.3) is 0 Å². The lowest BCUT2D eigenvalue weighted by molar-refractivity contribution is 0.0735. The predicted octanol–water partition coefficient (Wildman–Crippen LogP) is 4.65. The molecule has 0 saturated carbocycles. The largest absolute Gasteiger partial charge is 0.459 e. The summed E-state index contributed by atoms with van der Waals surface area (Å²) in [7, 11) is 0. The van der Waals surface area contributed by atoms with Crippen LogP contribution in [0.5, 0.6) is 0 Å². The van der Waals surface area contributed by atoms with Gasteiger partial charge in [0.15, 0.2) is 5.76 Å². The zero-order chi connectivity index (χ0) is 19.5. The zero-order valence-corrected chi connectivity index (χ0v) is 15.1. The highest BCUT2D eigenvalue weighted by atomic mass is 19.1. The fourth-order valence-electron chi connectivity index (χ4n) is 3.50. The van der Waals surface area contributed by atoms with Gasteiger partial charge in [-0.1, -0.05) is 12.1 Å². The highest BCUT2D eigenvalue weighted by Crippen LogP contribution is 2.33. The number of furan rings is 1. The van der Waals surface area contributed by atoms with Crippen molar-refractivity contribution in [1.82, 2.24) is 4.90 Å². The standard InChI is InChI=1S/C22H19FN2O3/c23-17-9-5-15(6-10-17)19-3-1-13-25(19)22(27)16-7-11-18(12-8-16)24-21(26)20-4-2-14-28-20/h2,4-12,14,19H,1,3,13H2,(H,24,26)/t19-/m1/s1. The van der Waals surface area contributed by atoms with Crippen LogP contribution in [0.3, 0.4) is 0 Å². The lowest BCUT2D eigenvalue weighted by Gasteiger charge is -2.25. The third-order valence-electron chi connectivity index (χ3n) is 4.90. The van der Waals surface area contributed by atoms with E-state index in [1.807, 2.05) is 4.90 Å². The second-order valence-corrected chi connectivity index (χ2v) is 6.72. The van der Waals surface area contributed by atoms with Crippen LogP contribution >= 0.6 is 0 Å². The van der Waals surface area contributed by atoms with E-state index >= 15 is 0 Å². The molecule has 2 aromatic carbocycles. The van der Waals surface area contributed by atoms with Gasteiger partial charge in [-0.2, -0.15) is 0 Å². The zero-order valence-electron chi connectivity index (χ0n) is 15.1. The Kier molecular flexibility index (Phi) is 4.93. The van der Waals surface area contributed by atoms with E-state index in [9.17, 15) is 14.0 Å². The fraction of sp³-hybridized carbons (Fsp3) is 0.182. The highest BCUT2D eigenvalue weighted by molar-refractivity contribution is 6.02. The summed E-state index contributed by atoms with van der Waals surface area (Å²) in [6.45, 7) is 0.665. The SMILES string of the molecule is O=C(Nc1ccc(C(=O)N2CCC[C@@H]2c2ccc(F)cc2)cc1)c1ccco1. The first-order valence-corrected chi connectivity index (χ1v) is 9.13. The van der Waals surface area contributed by atoms with Crippen LogP contribution < -0.4 is 5.32 Å². The second kappa shape index (κ2) is 7.68. The summed E-state index contributed by atoms with van der Waals surface area (Å²) in [5, 5.41) is 2.73. The van der Waals surface area contributed by atoms with Gasteiger partial charge in [-0.3, -0.25) is 9.59 Å². The molecule has 4 rings (SSSR count). The van der Waals surface area contributed by atoms with Gasteiger partial charge in [-0.15, -0.1) is 0 Å². The average Bonchev–Trinajstić information content (AvgIpc) is 3.41. The molecule has 1 saturated heterocycles. The highest BCUT2D eigenvalue weighted by Gasteiger charge is 2.30. The van der Waals surface area contributed by atoms with Crippen LogP contribution in [0.4, 0.5) is 10.1 Å². The Bertz CT molecular complexity index is 966. The Labute approximate surface area is 161 Å². The quantitative estimate of drug-likeness (QED) is 0.719. The lowest BCUT2D eigenvalue weighted by atomic mass is 10.0. The van der Waals surface area contributed by atoms with Gasteiger partial charge in [0.2, 0.25) is 0 Å². The number of nitrogens with zero attached hydrogens (tertiary/aromatic N) is 1. The van der Waals surface area contributed by atoms with Crippen molar-refractivity contribution in [2.24, 2.45) is 0 Å². The van der Waals surface area contributed by atoms with Crippen molar-refractivity contribution in [2.75, 3.05) is 11.9 Å². The van der Waals surface area contributed by atoms with E-state index in [0.717, 1.165) is 18.4 Å². The Morgan fingerprint density at radius 3 is 2.46 bits per heavy atom. The summed E-state index contributed by atoms with van der Waals surface area (Å²) >= 11 is 0. The number of likely N-dealkylation sites (tertiary alicyclic amines) is 1. The first kappa shape index (κ1) is 18.0. The number of carbonyl (C=O) groups is 2. The smallest absolute Gasteiger partial charge is 0.291 e. The van der Waals surface area contributed by atoms with Crippen molar-refractivity contribution in [3.8, 4) is 0 Å². The minimum Gasteiger partial charge on any atom is -0.459 e. The number of rotatable bonds is 4. The molecule has 0 bridgehead atoms.